The number of anilines is 5. The maximum absolute atomic E-state index is 6.51. The van der Waals surface area contributed by atoms with Crippen molar-refractivity contribution in [3.63, 3.8) is 0 Å². The van der Waals surface area contributed by atoms with Gasteiger partial charge in [-0.05, 0) is 110 Å². The first-order valence-corrected chi connectivity index (χ1v) is 16.2. The fraction of sp³-hybridized carbons (Fsp3) is 0.286. The molecule has 0 saturated carbocycles. The van der Waals surface area contributed by atoms with Gasteiger partial charge in [-0.2, -0.15) is 0 Å². The summed E-state index contributed by atoms with van der Waals surface area (Å²) in [5.41, 5.74) is 11.3. The zero-order valence-corrected chi connectivity index (χ0v) is 27.7. The summed E-state index contributed by atoms with van der Waals surface area (Å²) in [6.07, 6.45) is 1.94. The lowest BCUT2D eigenvalue weighted by molar-refractivity contribution is 0.360. The molecule has 0 radical (unpaired) electrons. The Morgan fingerprint density at radius 1 is 0.556 bits per heavy atom. The van der Waals surface area contributed by atoms with E-state index in [0.717, 1.165) is 41.4 Å². The molecule has 0 atom stereocenters. The fourth-order valence-corrected chi connectivity index (χ4v) is 7.52. The number of ether oxygens (including phenoxy) is 1. The molecule has 0 amide bonds. The minimum absolute atomic E-state index is 0.0345. The number of rotatable bonds is 5. The third-order valence-corrected chi connectivity index (χ3v) is 9.44. The molecule has 0 fully saturated rings. The lowest BCUT2D eigenvalue weighted by atomic mass is 9.71. The lowest BCUT2D eigenvalue weighted by Gasteiger charge is -2.48. The summed E-state index contributed by atoms with van der Waals surface area (Å²) in [6, 6.07) is 41.7. The lowest BCUT2D eigenvalue weighted by Crippen LogP contribution is -2.43. The first-order chi connectivity index (χ1) is 21.4. The van der Waals surface area contributed by atoms with E-state index >= 15 is 0 Å². The van der Waals surface area contributed by atoms with E-state index in [1.807, 2.05) is 6.07 Å². The SMILES string of the molecule is CC(C)(Cc1ccc2c(c1)Oc1ccccc1N2c1ccccc1)Cc1ccc2c(c1)C(C)(C)c1ccccc1N2C(C)(C)C. The molecule has 0 bridgehead atoms. The number of benzene rings is 5. The summed E-state index contributed by atoms with van der Waals surface area (Å²) in [7, 11) is 0. The number of hydrogen-bond acceptors (Lipinski definition) is 3. The van der Waals surface area contributed by atoms with Crippen LogP contribution in [-0.4, -0.2) is 5.54 Å². The van der Waals surface area contributed by atoms with E-state index in [1.165, 1.54) is 33.6 Å². The van der Waals surface area contributed by atoms with Gasteiger partial charge in [-0.15, -0.1) is 0 Å². The van der Waals surface area contributed by atoms with Gasteiger partial charge in [0.2, 0.25) is 0 Å². The Hall–Kier alpha value is -4.50. The normalized spacial score (nSPS) is 15.0. The van der Waals surface area contributed by atoms with Gasteiger partial charge in [0.25, 0.3) is 0 Å². The van der Waals surface area contributed by atoms with Crippen LogP contribution in [0.25, 0.3) is 0 Å². The van der Waals surface area contributed by atoms with Gasteiger partial charge >= 0.3 is 0 Å². The predicted octanol–water partition coefficient (Wildman–Crippen LogP) is 11.6. The minimum Gasteiger partial charge on any atom is -0.453 e. The van der Waals surface area contributed by atoms with Crippen LogP contribution in [0, 0.1) is 5.41 Å². The van der Waals surface area contributed by atoms with E-state index in [9.17, 15) is 0 Å². The zero-order chi connectivity index (χ0) is 31.6. The largest absolute Gasteiger partial charge is 0.453 e. The highest BCUT2D eigenvalue weighted by molar-refractivity contribution is 5.86. The van der Waals surface area contributed by atoms with E-state index < -0.39 is 0 Å². The van der Waals surface area contributed by atoms with Crippen LogP contribution >= 0.6 is 0 Å². The smallest absolute Gasteiger partial charge is 0.151 e. The summed E-state index contributed by atoms with van der Waals surface area (Å²) >= 11 is 0. The quantitative estimate of drug-likeness (QED) is 0.198. The van der Waals surface area contributed by atoms with Gasteiger partial charge < -0.3 is 14.5 Å². The van der Waals surface area contributed by atoms with Crippen LogP contribution < -0.4 is 14.5 Å². The second kappa shape index (κ2) is 10.5. The van der Waals surface area contributed by atoms with Crippen LogP contribution in [0.3, 0.4) is 0 Å². The van der Waals surface area contributed by atoms with Gasteiger partial charge in [0.15, 0.2) is 11.5 Å². The van der Waals surface area contributed by atoms with Crippen LogP contribution in [0.2, 0.25) is 0 Å². The Morgan fingerprint density at radius 3 is 1.82 bits per heavy atom. The molecule has 0 saturated heterocycles. The minimum atomic E-state index is -0.0788. The van der Waals surface area contributed by atoms with Crippen molar-refractivity contribution in [1.82, 2.24) is 0 Å². The van der Waals surface area contributed by atoms with E-state index in [0.29, 0.717) is 0 Å². The molecular formula is C42H44N2O. The molecule has 5 aromatic carbocycles. The molecule has 228 valence electrons. The maximum Gasteiger partial charge on any atom is 0.151 e. The molecule has 0 aliphatic carbocycles. The molecule has 2 aliphatic rings. The van der Waals surface area contributed by atoms with Crippen LogP contribution in [-0.2, 0) is 18.3 Å². The third-order valence-electron chi connectivity index (χ3n) is 9.44. The van der Waals surface area contributed by atoms with Crippen molar-refractivity contribution in [1.29, 1.82) is 0 Å². The molecule has 45 heavy (non-hydrogen) atoms. The highest BCUT2D eigenvalue weighted by atomic mass is 16.5. The van der Waals surface area contributed by atoms with Crippen LogP contribution in [0.1, 0.15) is 70.7 Å². The zero-order valence-electron chi connectivity index (χ0n) is 27.7. The Labute approximate surface area is 269 Å². The van der Waals surface area contributed by atoms with Crippen molar-refractivity contribution >= 4 is 28.4 Å². The van der Waals surface area contributed by atoms with Gasteiger partial charge in [-0.3, -0.25) is 0 Å². The predicted molar refractivity (Wildman–Crippen MR) is 189 cm³/mol. The Bertz CT molecular complexity index is 1880. The van der Waals surface area contributed by atoms with Gasteiger partial charge in [-0.25, -0.2) is 0 Å². The highest BCUT2D eigenvalue weighted by Gasteiger charge is 2.40. The average Bonchev–Trinajstić information content (AvgIpc) is 2.99. The summed E-state index contributed by atoms with van der Waals surface area (Å²) in [4.78, 5) is 4.83. The molecule has 0 spiro atoms. The first kappa shape index (κ1) is 29.2. The molecule has 2 aliphatic heterocycles. The Balaban J connectivity index is 1.18. The van der Waals surface area contributed by atoms with Crippen LogP contribution in [0.4, 0.5) is 28.4 Å². The van der Waals surface area contributed by atoms with E-state index in [-0.39, 0.29) is 16.4 Å². The third kappa shape index (κ3) is 5.19. The van der Waals surface area contributed by atoms with Gasteiger partial charge in [0, 0.05) is 28.0 Å². The standard InChI is InChI=1S/C42H44N2O/c1-40(2,3)44-34-18-12-11-17-32(34)42(6,7)33-25-29(21-23-35(33)44)27-41(4,5)28-30-22-24-37-39(26-30)45-38-20-14-13-19-36(38)43(37)31-15-9-8-10-16-31/h8-26H,27-28H2,1-7H3. The van der Waals surface area contributed by atoms with Crippen molar-refractivity contribution in [2.24, 2.45) is 5.41 Å². The summed E-state index contributed by atoms with van der Waals surface area (Å²) in [5, 5.41) is 0. The average molecular weight is 593 g/mol. The van der Waals surface area contributed by atoms with Crippen molar-refractivity contribution in [2.75, 3.05) is 9.80 Å². The van der Waals surface area contributed by atoms with Crippen molar-refractivity contribution in [2.45, 2.75) is 72.3 Å². The van der Waals surface area contributed by atoms with Crippen molar-refractivity contribution < 1.29 is 4.74 Å². The van der Waals surface area contributed by atoms with Crippen molar-refractivity contribution in [3.05, 3.63) is 138 Å². The number of nitrogens with zero attached hydrogens (tertiary/aromatic N) is 2. The molecule has 3 nitrogen and oxygen atoms in total. The molecule has 5 aromatic rings. The van der Waals surface area contributed by atoms with E-state index in [4.69, 9.17) is 4.74 Å². The molecule has 7 rings (SSSR count). The molecular weight excluding hydrogens is 548 g/mol. The highest BCUT2D eigenvalue weighted by Crippen LogP contribution is 2.53. The second-order valence-electron chi connectivity index (χ2n) is 15.1. The molecule has 2 heterocycles. The van der Waals surface area contributed by atoms with Crippen molar-refractivity contribution in [3.8, 4) is 11.5 Å². The first-order valence-electron chi connectivity index (χ1n) is 16.2. The Morgan fingerprint density at radius 2 is 1.11 bits per heavy atom. The summed E-state index contributed by atoms with van der Waals surface area (Å²) in [6.45, 7) is 16.5. The summed E-state index contributed by atoms with van der Waals surface area (Å²) in [5.74, 6) is 1.79. The Kier molecular flexibility index (Phi) is 6.85. The number of para-hydroxylation sites is 4. The van der Waals surface area contributed by atoms with Gasteiger partial charge in [0.1, 0.15) is 0 Å². The van der Waals surface area contributed by atoms with Crippen LogP contribution in [0.15, 0.2) is 115 Å². The monoisotopic (exact) mass is 592 g/mol. The van der Waals surface area contributed by atoms with E-state index in [1.54, 1.807) is 0 Å². The second-order valence-corrected chi connectivity index (χ2v) is 15.1. The molecule has 0 aromatic heterocycles. The van der Waals surface area contributed by atoms with Crippen LogP contribution in [0.5, 0.6) is 11.5 Å². The number of fused-ring (bicyclic) bond motifs is 4. The topological polar surface area (TPSA) is 15.7 Å². The van der Waals surface area contributed by atoms with Gasteiger partial charge in [0.05, 0.1) is 11.4 Å². The molecule has 0 N–H and O–H groups in total. The molecule has 3 heteroatoms. The summed E-state index contributed by atoms with van der Waals surface area (Å²) < 4.78 is 6.51. The maximum atomic E-state index is 6.51. The number of hydrogen-bond donors (Lipinski definition) is 0. The fourth-order valence-electron chi connectivity index (χ4n) is 7.52. The molecule has 0 unspecified atom stereocenters. The van der Waals surface area contributed by atoms with E-state index in [2.05, 4.69) is 167 Å². The van der Waals surface area contributed by atoms with Gasteiger partial charge in [-0.1, -0.05) is 94.4 Å².